The summed E-state index contributed by atoms with van der Waals surface area (Å²) in [6.45, 7) is 2.21. The van der Waals surface area contributed by atoms with Gasteiger partial charge in [0.15, 0.2) is 6.10 Å². The lowest BCUT2D eigenvalue weighted by molar-refractivity contribution is -0.153. The molecule has 0 bridgehead atoms. The van der Waals surface area contributed by atoms with Crippen LogP contribution in [-0.4, -0.2) is 28.9 Å². The van der Waals surface area contributed by atoms with Gasteiger partial charge in [0.1, 0.15) is 5.75 Å². The molecule has 0 spiro atoms. The Labute approximate surface area is 94.5 Å². The SMILES string of the molecule is CCCOC(=O)C(O)Cc1ccc(O)cc1. The van der Waals surface area contributed by atoms with Crippen molar-refractivity contribution in [2.24, 2.45) is 0 Å². The van der Waals surface area contributed by atoms with Crippen molar-refractivity contribution in [3.05, 3.63) is 29.8 Å². The van der Waals surface area contributed by atoms with Gasteiger partial charge in [-0.3, -0.25) is 0 Å². The van der Waals surface area contributed by atoms with Crippen molar-refractivity contribution in [1.82, 2.24) is 0 Å². The Morgan fingerprint density at radius 3 is 2.56 bits per heavy atom. The summed E-state index contributed by atoms with van der Waals surface area (Å²) in [6, 6.07) is 6.34. The third-order valence-corrected chi connectivity index (χ3v) is 2.09. The van der Waals surface area contributed by atoms with Crippen molar-refractivity contribution in [2.45, 2.75) is 25.9 Å². The van der Waals surface area contributed by atoms with Gasteiger partial charge in [0.2, 0.25) is 0 Å². The molecule has 1 aromatic rings. The first-order valence-electron chi connectivity index (χ1n) is 5.26. The van der Waals surface area contributed by atoms with Crippen molar-refractivity contribution in [2.75, 3.05) is 6.61 Å². The molecule has 0 aliphatic rings. The van der Waals surface area contributed by atoms with Crippen LogP contribution >= 0.6 is 0 Å². The lowest BCUT2D eigenvalue weighted by Crippen LogP contribution is -2.25. The van der Waals surface area contributed by atoms with Gasteiger partial charge < -0.3 is 14.9 Å². The van der Waals surface area contributed by atoms with Crippen LogP contribution in [0.2, 0.25) is 0 Å². The summed E-state index contributed by atoms with van der Waals surface area (Å²) in [5.41, 5.74) is 0.777. The minimum atomic E-state index is -1.14. The van der Waals surface area contributed by atoms with Crippen LogP contribution in [0.1, 0.15) is 18.9 Å². The molecule has 16 heavy (non-hydrogen) atoms. The fraction of sp³-hybridized carbons (Fsp3) is 0.417. The van der Waals surface area contributed by atoms with Crippen molar-refractivity contribution in [1.29, 1.82) is 0 Å². The first-order valence-corrected chi connectivity index (χ1v) is 5.26. The summed E-state index contributed by atoms with van der Waals surface area (Å²) in [5.74, 6) is -0.443. The Morgan fingerprint density at radius 1 is 1.38 bits per heavy atom. The van der Waals surface area contributed by atoms with Crippen LogP contribution in [0.5, 0.6) is 5.75 Å². The van der Waals surface area contributed by atoms with E-state index in [4.69, 9.17) is 9.84 Å². The Hall–Kier alpha value is -1.55. The Bertz CT molecular complexity index is 331. The number of phenols is 1. The van der Waals surface area contributed by atoms with Gasteiger partial charge >= 0.3 is 5.97 Å². The summed E-state index contributed by atoms with van der Waals surface area (Å²) in [4.78, 5) is 11.3. The summed E-state index contributed by atoms with van der Waals surface area (Å²) in [7, 11) is 0. The second-order valence-electron chi connectivity index (χ2n) is 3.55. The first-order chi connectivity index (χ1) is 7.63. The van der Waals surface area contributed by atoms with Crippen molar-refractivity contribution >= 4 is 5.97 Å². The van der Waals surface area contributed by atoms with Crippen LogP contribution in [0.3, 0.4) is 0 Å². The van der Waals surface area contributed by atoms with Gasteiger partial charge in [-0.25, -0.2) is 4.79 Å². The number of benzene rings is 1. The predicted octanol–water partition coefficient (Wildman–Crippen LogP) is 1.25. The van der Waals surface area contributed by atoms with Crippen LogP contribution < -0.4 is 0 Å². The zero-order chi connectivity index (χ0) is 12.0. The quantitative estimate of drug-likeness (QED) is 0.739. The average Bonchev–Trinajstić information content (AvgIpc) is 2.29. The highest BCUT2D eigenvalue weighted by Gasteiger charge is 2.16. The van der Waals surface area contributed by atoms with E-state index in [-0.39, 0.29) is 12.2 Å². The normalized spacial score (nSPS) is 12.1. The van der Waals surface area contributed by atoms with Gasteiger partial charge in [-0.15, -0.1) is 0 Å². The van der Waals surface area contributed by atoms with Crippen molar-refractivity contribution < 1.29 is 19.7 Å². The van der Waals surface area contributed by atoms with Crippen LogP contribution in [0.15, 0.2) is 24.3 Å². The molecular weight excluding hydrogens is 208 g/mol. The molecule has 1 aromatic carbocycles. The number of ether oxygens (including phenoxy) is 1. The number of rotatable bonds is 5. The van der Waals surface area contributed by atoms with Gasteiger partial charge in [-0.2, -0.15) is 0 Å². The highest BCUT2D eigenvalue weighted by Crippen LogP contribution is 2.11. The molecule has 0 fully saturated rings. The molecule has 0 aliphatic heterocycles. The van der Waals surface area contributed by atoms with Crippen molar-refractivity contribution in [3.8, 4) is 5.75 Å². The zero-order valence-electron chi connectivity index (χ0n) is 9.22. The molecule has 0 amide bonds. The summed E-state index contributed by atoms with van der Waals surface area (Å²) >= 11 is 0. The molecule has 4 nitrogen and oxygen atoms in total. The molecule has 88 valence electrons. The number of hydrogen-bond acceptors (Lipinski definition) is 4. The minimum Gasteiger partial charge on any atom is -0.508 e. The molecule has 0 aromatic heterocycles. The number of carbonyl (C=O) groups is 1. The van der Waals surface area contributed by atoms with E-state index < -0.39 is 12.1 Å². The van der Waals surface area contributed by atoms with Gasteiger partial charge in [0.05, 0.1) is 6.61 Å². The van der Waals surface area contributed by atoms with Crippen molar-refractivity contribution in [3.63, 3.8) is 0 Å². The number of aliphatic hydroxyl groups is 1. The first kappa shape index (κ1) is 12.5. The number of esters is 1. The third kappa shape index (κ3) is 3.90. The summed E-state index contributed by atoms with van der Waals surface area (Å²) in [5, 5.41) is 18.6. The van der Waals surface area contributed by atoms with E-state index in [2.05, 4.69) is 0 Å². The number of carbonyl (C=O) groups excluding carboxylic acids is 1. The molecular formula is C12H16O4. The van der Waals surface area contributed by atoms with Crippen LogP contribution in [0, 0.1) is 0 Å². The fourth-order valence-electron chi connectivity index (χ4n) is 1.24. The van der Waals surface area contributed by atoms with E-state index in [1.54, 1.807) is 12.1 Å². The average molecular weight is 224 g/mol. The van der Waals surface area contributed by atoms with E-state index in [0.29, 0.717) is 6.61 Å². The zero-order valence-corrected chi connectivity index (χ0v) is 9.22. The van der Waals surface area contributed by atoms with Gasteiger partial charge in [0, 0.05) is 6.42 Å². The number of aliphatic hydroxyl groups excluding tert-OH is 1. The topological polar surface area (TPSA) is 66.8 Å². The van der Waals surface area contributed by atoms with Gasteiger partial charge in [-0.1, -0.05) is 19.1 Å². The molecule has 1 unspecified atom stereocenters. The molecule has 2 N–H and O–H groups in total. The van der Waals surface area contributed by atoms with Gasteiger partial charge in [0.25, 0.3) is 0 Å². The second kappa shape index (κ2) is 6.12. The highest BCUT2D eigenvalue weighted by atomic mass is 16.5. The maximum absolute atomic E-state index is 11.3. The maximum atomic E-state index is 11.3. The molecule has 0 saturated carbocycles. The van der Waals surface area contributed by atoms with E-state index in [9.17, 15) is 9.90 Å². The largest absolute Gasteiger partial charge is 0.508 e. The number of aromatic hydroxyl groups is 1. The fourth-order valence-corrected chi connectivity index (χ4v) is 1.24. The highest BCUT2D eigenvalue weighted by molar-refractivity contribution is 5.74. The van der Waals surface area contributed by atoms with Crippen LogP contribution in [0.25, 0.3) is 0 Å². The lowest BCUT2D eigenvalue weighted by Gasteiger charge is -2.10. The molecule has 0 radical (unpaired) electrons. The van der Waals surface area contributed by atoms with E-state index in [1.165, 1.54) is 12.1 Å². The molecule has 0 heterocycles. The summed E-state index contributed by atoms with van der Waals surface area (Å²) < 4.78 is 4.81. The Morgan fingerprint density at radius 2 is 2.00 bits per heavy atom. The number of hydrogen-bond donors (Lipinski definition) is 2. The Kier molecular flexibility index (Phi) is 4.79. The second-order valence-corrected chi connectivity index (χ2v) is 3.55. The Balaban J connectivity index is 2.47. The number of phenolic OH excluding ortho intramolecular Hbond substituents is 1. The molecule has 0 saturated heterocycles. The van der Waals surface area contributed by atoms with Crippen LogP contribution in [-0.2, 0) is 16.0 Å². The monoisotopic (exact) mass is 224 g/mol. The standard InChI is InChI=1S/C12H16O4/c1-2-7-16-12(15)11(14)8-9-3-5-10(13)6-4-9/h3-6,11,13-14H,2,7-8H2,1H3. The molecule has 1 rings (SSSR count). The lowest BCUT2D eigenvalue weighted by atomic mass is 10.1. The third-order valence-electron chi connectivity index (χ3n) is 2.09. The molecule has 4 heteroatoms. The smallest absolute Gasteiger partial charge is 0.335 e. The van der Waals surface area contributed by atoms with Gasteiger partial charge in [-0.05, 0) is 24.1 Å². The maximum Gasteiger partial charge on any atom is 0.335 e. The molecule has 1 atom stereocenters. The van der Waals surface area contributed by atoms with E-state index in [1.807, 2.05) is 6.92 Å². The minimum absolute atomic E-state index is 0.159. The van der Waals surface area contributed by atoms with E-state index in [0.717, 1.165) is 12.0 Å². The summed E-state index contributed by atoms with van der Waals surface area (Å²) in [6.07, 6.45) is -0.211. The van der Waals surface area contributed by atoms with E-state index >= 15 is 0 Å². The van der Waals surface area contributed by atoms with Crippen LogP contribution in [0.4, 0.5) is 0 Å². The predicted molar refractivity (Wildman–Crippen MR) is 59.1 cm³/mol. The molecule has 0 aliphatic carbocycles.